The van der Waals surface area contributed by atoms with Crippen LogP contribution in [0.2, 0.25) is 4.34 Å². The predicted octanol–water partition coefficient (Wildman–Crippen LogP) is 4.03. The molecular weight excluding hydrogens is 282 g/mol. The standard InChI is InChI=1S/C14H22ClNO2S/c1-9(2)7-8-18-11(4)14(17)16-10(3)12-5-6-13(15)19-12/h5-6,9-11H,7-8H2,1-4H3,(H,16,17). The van der Waals surface area contributed by atoms with Crippen molar-refractivity contribution in [2.75, 3.05) is 6.61 Å². The van der Waals surface area contributed by atoms with Crippen molar-refractivity contribution in [2.45, 2.75) is 46.3 Å². The molecule has 0 aliphatic carbocycles. The van der Waals surface area contributed by atoms with Crippen molar-refractivity contribution in [3.63, 3.8) is 0 Å². The summed E-state index contributed by atoms with van der Waals surface area (Å²) in [7, 11) is 0. The quantitative estimate of drug-likeness (QED) is 0.826. The summed E-state index contributed by atoms with van der Waals surface area (Å²) < 4.78 is 6.26. The molecule has 2 unspecified atom stereocenters. The van der Waals surface area contributed by atoms with Gasteiger partial charge in [0.2, 0.25) is 5.91 Å². The molecule has 0 radical (unpaired) electrons. The van der Waals surface area contributed by atoms with Crippen molar-refractivity contribution in [2.24, 2.45) is 5.92 Å². The topological polar surface area (TPSA) is 38.3 Å². The Hall–Kier alpha value is -0.580. The predicted molar refractivity (Wildman–Crippen MR) is 80.8 cm³/mol. The first-order valence-corrected chi connectivity index (χ1v) is 7.76. The third-order valence-electron chi connectivity index (χ3n) is 2.81. The van der Waals surface area contributed by atoms with Crippen molar-refractivity contribution >= 4 is 28.8 Å². The summed E-state index contributed by atoms with van der Waals surface area (Å²) >= 11 is 7.36. The van der Waals surface area contributed by atoms with Gasteiger partial charge < -0.3 is 10.1 Å². The highest BCUT2D eigenvalue weighted by atomic mass is 35.5. The minimum atomic E-state index is -0.420. The molecule has 1 aromatic rings. The van der Waals surface area contributed by atoms with E-state index >= 15 is 0 Å². The number of carbonyl (C=O) groups is 1. The van der Waals surface area contributed by atoms with E-state index in [1.165, 1.54) is 11.3 Å². The largest absolute Gasteiger partial charge is 0.369 e. The van der Waals surface area contributed by atoms with E-state index in [0.29, 0.717) is 12.5 Å². The van der Waals surface area contributed by atoms with Crippen LogP contribution < -0.4 is 5.32 Å². The van der Waals surface area contributed by atoms with Gasteiger partial charge in [0, 0.05) is 11.5 Å². The monoisotopic (exact) mass is 303 g/mol. The fraction of sp³-hybridized carbons (Fsp3) is 0.643. The highest BCUT2D eigenvalue weighted by Crippen LogP contribution is 2.26. The second-order valence-corrected chi connectivity index (χ2v) is 6.81. The maximum absolute atomic E-state index is 11.9. The zero-order chi connectivity index (χ0) is 14.4. The lowest BCUT2D eigenvalue weighted by molar-refractivity contribution is -0.132. The Labute approximate surface area is 124 Å². The van der Waals surface area contributed by atoms with Crippen LogP contribution in [0, 0.1) is 5.92 Å². The van der Waals surface area contributed by atoms with Crippen LogP contribution in [0.1, 0.15) is 45.0 Å². The van der Waals surface area contributed by atoms with Gasteiger partial charge in [-0.15, -0.1) is 11.3 Å². The number of hydrogen-bond donors (Lipinski definition) is 1. The van der Waals surface area contributed by atoms with Crippen molar-refractivity contribution in [1.29, 1.82) is 0 Å². The normalized spacial score (nSPS) is 14.4. The van der Waals surface area contributed by atoms with Crippen LogP contribution >= 0.6 is 22.9 Å². The number of nitrogens with one attached hydrogen (secondary N) is 1. The van der Waals surface area contributed by atoms with Gasteiger partial charge in [-0.1, -0.05) is 25.4 Å². The smallest absolute Gasteiger partial charge is 0.249 e. The zero-order valence-electron chi connectivity index (χ0n) is 11.9. The van der Waals surface area contributed by atoms with Crippen LogP contribution in [0.25, 0.3) is 0 Å². The SMILES string of the molecule is CC(C)CCOC(C)C(=O)NC(C)c1ccc(Cl)s1. The minimum absolute atomic E-state index is 0.0406. The molecule has 3 nitrogen and oxygen atoms in total. The molecule has 1 rings (SSSR count). The molecule has 0 spiro atoms. The number of amides is 1. The maximum atomic E-state index is 11.9. The Kier molecular flexibility index (Phi) is 6.83. The van der Waals surface area contributed by atoms with Gasteiger partial charge in [0.15, 0.2) is 0 Å². The van der Waals surface area contributed by atoms with Crippen LogP contribution in [-0.2, 0) is 9.53 Å². The van der Waals surface area contributed by atoms with Gasteiger partial charge in [-0.2, -0.15) is 0 Å². The Morgan fingerprint density at radius 2 is 2.05 bits per heavy atom. The number of ether oxygens (including phenoxy) is 1. The Morgan fingerprint density at radius 1 is 1.37 bits per heavy atom. The lowest BCUT2D eigenvalue weighted by atomic mass is 10.1. The molecule has 0 aliphatic rings. The van der Waals surface area contributed by atoms with Crippen LogP contribution in [0.5, 0.6) is 0 Å². The number of thiophene rings is 1. The molecule has 5 heteroatoms. The van der Waals surface area contributed by atoms with Crippen LogP contribution in [0.3, 0.4) is 0 Å². The van der Waals surface area contributed by atoms with E-state index < -0.39 is 6.10 Å². The highest BCUT2D eigenvalue weighted by Gasteiger charge is 2.17. The molecule has 0 saturated carbocycles. The fourth-order valence-electron chi connectivity index (χ4n) is 1.52. The number of rotatable bonds is 7. The molecule has 108 valence electrons. The molecule has 1 heterocycles. The van der Waals surface area contributed by atoms with Crippen molar-refractivity contribution in [3.05, 3.63) is 21.3 Å². The third kappa shape index (κ3) is 5.93. The molecule has 0 aromatic carbocycles. The fourth-order valence-corrected chi connectivity index (χ4v) is 2.58. The van der Waals surface area contributed by atoms with Crippen molar-refractivity contribution < 1.29 is 9.53 Å². The van der Waals surface area contributed by atoms with Gasteiger partial charge in [-0.25, -0.2) is 0 Å². The van der Waals surface area contributed by atoms with Gasteiger partial charge in [0.25, 0.3) is 0 Å². The van der Waals surface area contributed by atoms with E-state index in [4.69, 9.17) is 16.3 Å². The highest BCUT2D eigenvalue weighted by molar-refractivity contribution is 7.16. The van der Waals surface area contributed by atoms with E-state index in [1.807, 2.05) is 19.1 Å². The second-order valence-electron chi connectivity index (χ2n) is 5.07. The maximum Gasteiger partial charge on any atom is 0.249 e. The third-order valence-corrected chi connectivity index (χ3v) is 4.23. The molecule has 1 amide bonds. The first kappa shape index (κ1) is 16.5. The summed E-state index contributed by atoms with van der Waals surface area (Å²) in [5.41, 5.74) is 0. The van der Waals surface area contributed by atoms with Crippen LogP contribution in [0.15, 0.2) is 12.1 Å². The van der Waals surface area contributed by atoms with E-state index in [1.54, 1.807) is 6.92 Å². The summed E-state index contributed by atoms with van der Waals surface area (Å²) in [6, 6.07) is 3.73. The van der Waals surface area contributed by atoms with E-state index in [2.05, 4.69) is 19.2 Å². The van der Waals surface area contributed by atoms with Gasteiger partial charge in [-0.3, -0.25) is 4.79 Å². The van der Waals surface area contributed by atoms with Crippen LogP contribution in [-0.4, -0.2) is 18.6 Å². The van der Waals surface area contributed by atoms with E-state index in [0.717, 1.165) is 15.6 Å². The first-order chi connectivity index (χ1) is 8.90. The number of hydrogen-bond acceptors (Lipinski definition) is 3. The molecule has 0 saturated heterocycles. The zero-order valence-corrected chi connectivity index (χ0v) is 13.5. The van der Waals surface area contributed by atoms with Crippen LogP contribution in [0.4, 0.5) is 0 Å². The van der Waals surface area contributed by atoms with Crippen molar-refractivity contribution in [1.82, 2.24) is 5.32 Å². The van der Waals surface area contributed by atoms with Gasteiger partial charge >= 0.3 is 0 Å². The molecule has 1 N–H and O–H groups in total. The molecule has 0 aliphatic heterocycles. The Morgan fingerprint density at radius 3 is 2.58 bits per heavy atom. The molecule has 1 aromatic heterocycles. The van der Waals surface area contributed by atoms with Gasteiger partial charge in [-0.05, 0) is 38.3 Å². The number of halogens is 1. The van der Waals surface area contributed by atoms with Gasteiger partial charge in [0.1, 0.15) is 6.10 Å². The molecule has 0 fully saturated rings. The summed E-state index contributed by atoms with van der Waals surface area (Å²) in [5, 5.41) is 2.94. The summed E-state index contributed by atoms with van der Waals surface area (Å²) in [6.07, 6.45) is 0.546. The van der Waals surface area contributed by atoms with Crippen molar-refractivity contribution in [3.8, 4) is 0 Å². The van der Waals surface area contributed by atoms with E-state index in [9.17, 15) is 4.79 Å². The van der Waals surface area contributed by atoms with E-state index in [-0.39, 0.29) is 11.9 Å². The molecule has 0 bridgehead atoms. The molecule has 2 atom stereocenters. The Balaban J connectivity index is 2.37. The summed E-state index contributed by atoms with van der Waals surface area (Å²) in [4.78, 5) is 13.0. The average molecular weight is 304 g/mol. The Bertz CT molecular complexity index is 406. The lowest BCUT2D eigenvalue weighted by Gasteiger charge is -2.17. The number of carbonyl (C=O) groups excluding carboxylic acids is 1. The second kappa shape index (κ2) is 7.88. The minimum Gasteiger partial charge on any atom is -0.369 e. The summed E-state index contributed by atoms with van der Waals surface area (Å²) in [6.45, 7) is 8.61. The molecule has 19 heavy (non-hydrogen) atoms. The summed E-state index contributed by atoms with van der Waals surface area (Å²) in [5.74, 6) is 0.503. The average Bonchev–Trinajstić information content (AvgIpc) is 2.75. The molecular formula is C14H22ClNO2S. The van der Waals surface area contributed by atoms with Gasteiger partial charge in [0.05, 0.1) is 10.4 Å². The first-order valence-electron chi connectivity index (χ1n) is 6.57. The lowest BCUT2D eigenvalue weighted by Crippen LogP contribution is -2.36.